The standard InChI is InChI=1S/C13H24N2O3/c1-9(10-5-6-10)15(4)12(18)14-13(2,3)8-7-11(16)17/h9-10H,5-8H2,1-4H3,(H,14,18)(H,16,17). The van der Waals surface area contributed by atoms with E-state index in [-0.39, 0.29) is 18.5 Å². The van der Waals surface area contributed by atoms with Crippen molar-refractivity contribution in [3.05, 3.63) is 0 Å². The molecule has 0 heterocycles. The Bertz CT molecular complexity index is 324. The van der Waals surface area contributed by atoms with Crippen molar-refractivity contribution in [3.63, 3.8) is 0 Å². The molecular weight excluding hydrogens is 232 g/mol. The summed E-state index contributed by atoms with van der Waals surface area (Å²) in [6.45, 7) is 5.76. The van der Waals surface area contributed by atoms with E-state index in [4.69, 9.17) is 5.11 Å². The van der Waals surface area contributed by atoms with Gasteiger partial charge in [-0.15, -0.1) is 0 Å². The minimum atomic E-state index is -0.836. The molecule has 5 nitrogen and oxygen atoms in total. The predicted octanol–water partition coefficient (Wildman–Crippen LogP) is 2.07. The van der Waals surface area contributed by atoms with Gasteiger partial charge in [-0.25, -0.2) is 4.79 Å². The molecule has 1 aliphatic carbocycles. The predicted molar refractivity (Wildman–Crippen MR) is 69.4 cm³/mol. The molecule has 0 aromatic carbocycles. The number of amides is 2. The monoisotopic (exact) mass is 256 g/mol. The van der Waals surface area contributed by atoms with Crippen molar-refractivity contribution in [3.8, 4) is 0 Å². The molecule has 0 saturated heterocycles. The molecule has 0 aromatic rings. The molecule has 1 unspecified atom stereocenters. The average Bonchev–Trinajstić information content (AvgIpc) is 3.07. The Balaban J connectivity index is 2.43. The number of carbonyl (C=O) groups is 2. The largest absolute Gasteiger partial charge is 0.481 e. The SMILES string of the molecule is CC(C1CC1)N(C)C(=O)NC(C)(C)CCC(=O)O. The topological polar surface area (TPSA) is 69.6 Å². The van der Waals surface area contributed by atoms with E-state index in [9.17, 15) is 9.59 Å². The molecule has 104 valence electrons. The van der Waals surface area contributed by atoms with E-state index in [0.29, 0.717) is 12.3 Å². The second-order valence-corrected chi connectivity index (χ2v) is 5.90. The van der Waals surface area contributed by atoms with Crippen LogP contribution in [0.15, 0.2) is 0 Å². The molecule has 1 aliphatic rings. The summed E-state index contributed by atoms with van der Waals surface area (Å²) in [4.78, 5) is 24.3. The van der Waals surface area contributed by atoms with Crippen LogP contribution in [0.4, 0.5) is 4.79 Å². The number of carboxylic acids is 1. The van der Waals surface area contributed by atoms with E-state index in [2.05, 4.69) is 12.2 Å². The lowest BCUT2D eigenvalue weighted by Crippen LogP contribution is -2.51. The highest BCUT2D eigenvalue weighted by molar-refractivity contribution is 5.75. The molecule has 18 heavy (non-hydrogen) atoms. The van der Waals surface area contributed by atoms with Crippen molar-refractivity contribution in [1.29, 1.82) is 0 Å². The van der Waals surface area contributed by atoms with Gasteiger partial charge in [0, 0.05) is 25.0 Å². The average molecular weight is 256 g/mol. The first kappa shape index (κ1) is 14.8. The summed E-state index contributed by atoms with van der Waals surface area (Å²) in [7, 11) is 1.80. The quantitative estimate of drug-likeness (QED) is 0.764. The summed E-state index contributed by atoms with van der Waals surface area (Å²) >= 11 is 0. The summed E-state index contributed by atoms with van der Waals surface area (Å²) in [6, 6.07) is 0.130. The highest BCUT2D eigenvalue weighted by atomic mass is 16.4. The Hall–Kier alpha value is -1.26. The molecule has 1 rings (SSSR count). The van der Waals surface area contributed by atoms with Gasteiger partial charge in [0.05, 0.1) is 0 Å². The van der Waals surface area contributed by atoms with Crippen molar-refractivity contribution in [2.45, 2.75) is 58.0 Å². The first-order chi connectivity index (χ1) is 8.23. The van der Waals surface area contributed by atoms with Crippen molar-refractivity contribution < 1.29 is 14.7 Å². The number of nitrogens with zero attached hydrogens (tertiary/aromatic N) is 1. The Kier molecular flexibility index (Phi) is 4.59. The third-order valence-electron chi connectivity index (χ3n) is 3.64. The van der Waals surface area contributed by atoms with Gasteiger partial charge in [0.15, 0.2) is 0 Å². The van der Waals surface area contributed by atoms with Crippen LogP contribution in [0.5, 0.6) is 0 Å². The highest BCUT2D eigenvalue weighted by Crippen LogP contribution is 2.34. The summed E-state index contributed by atoms with van der Waals surface area (Å²) in [5, 5.41) is 11.6. The van der Waals surface area contributed by atoms with Gasteiger partial charge in [-0.05, 0) is 46.0 Å². The Morgan fingerprint density at radius 2 is 2.00 bits per heavy atom. The maximum Gasteiger partial charge on any atom is 0.317 e. The van der Waals surface area contributed by atoms with Crippen LogP contribution in [-0.4, -0.2) is 40.6 Å². The van der Waals surface area contributed by atoms with Crippen molar-refractivity contribution in [1.82, 2.24) is 10.2 Å². The Morgan fingerprint density at radius 1 is 1.44 bits per heavy atom. The summed E-state index contributed by atoms with van der Waals surface area (Å²) < 4.78 is 0. The van der Waals surface area contributed by atoms with Crippen LogP contribution >= 0.6 is 0 Å². The molecule has 0 aliphatic heterocycles. The van der Waals surface area contributed by atoms with Crippen molar-refractivity contribution in [2.75, 3.05) is 7.05 Å². The van der Waals surface area contributed by atoms with Gasteiger partial charge in [0.1, 0.15) is 0 Å². The van der Waals surface area contributed by atoms with Crippen LogP contribution in [0.25, 0.3) is 0 Å². The third-order valence-corrected chi connectivity index (χ3v) is 3.64. The van der Waals surface area contributed by atoms with Gasteiger partial charge in [-0.1, -0.05) is 0 Å². The van der Waals surface area contributed by atoms with Gasteiger partial charge in [-0.2, -0.15) is 0 Å². The minimum absolute atomic E-state index is 0.0647. The first-order valence-electron chi connectivity index (χ1n) is 6.50. The molecule has 1 atom stereocenters. The first-order valence-corrected chi connectivity index (χ1v) is 6.50. The Labute approximate surface area is 109 Å². The van der Waals surface area contributed by atoms with Gasteiger partial charge in [0.25, 0.3) is 0 Å². The van der Waals surface area contributed by atoms with Gasteiger partial charge in [0.2, 0.25) is 0 Å². The van der Waals surface area contributed by atoms with E-state index in [1.807, 2.05) is 13.8 Å². The molecule has 1 fully saturated rings. The summed E-state index contributed by atoms with van der Waals surface area (Å²) in [6.07, 6.45) is 2.89. The van der Waals surface area contributed by atoms with Crippen LogP contribution in [0, 0.1) is 5.92 Å². The van der Waals surface area contributed by atoms with Crippen molar-refractivity contribution in [2.24, 2.45) is 5.92 Å². The number of rotatable bonds is 6. The number of aliphatic carboxylic acids is 1. The summed E-state index contributed by atoms with van der Waals surface area (Å²) in [5.74, 6) is -0.208. The van der Waals surface area contributed by atoms with E-state index in [1.165, 1.54) is 12.8 Å². The number of hydrogen-bond acceptors (Lipinski definition) is 2. The van der Waals surface area contributed by atoms with Crippen LogP contribution in [-0.2, 0) is 4.79 Å². The molecule has 0 spiro atoms. The van der Waals surface area contributed by atoms with Gasteiger partial charge >= 0.3 is 12.0 Å². The zero-order valence-corrected chi connectivity index (χ0v) is 11.7. The molecule has 0 bridgehead atoms. The fourth-order valence-electron chi connectivity index (χ4n) is 1.94. The van der Waals surface area contributed by atoms with Crippen LogP contribution in [0.3, 0.4) is 0 Å². The number of hydrogen-bond donors (Lipinski definition) is 2. The van der Waals surface area contributed by atoms with E-state index in [1.54, 1.807) is 11.9 Å². The maximum atomic E-state index is 12.0. The minimum Gasteiger partial charge on any atom is -0.481 e. The lowest BCUT2D eigenvalue weighted by molar-refractivity contribution is -0.137. The lowest BCUT2D eigenvalue weighted by atomic mass is 9.98. The molecule has 1 saturated carbocycles. The third kappa shape index (κ3) is 4.55. The lowest BCUT2D eigenvalue weighted by Gasteiger charge is -2.32. The van der Waals surface area contributed by atoms with E-state index < -0.39 is 11.5 Å². The molecule has 2 amide bonds. The van der Waals surface area contributed by atoms with Crippen molar-refractivity contribution >= 4 is 12.0 Å². The molecule has 0 aromatic heterocycles. The van der Waals surface area contributed by atoms with E-state index >= 15 is 0 Å². The molecule has 0 radical (unpaired) electrons. The Morgan fingerprint density at radius 3 is 2.44 bits per heavy atom. The number of nitrogens with one attached hydrogen (secondary N) is 1. The molecule has 2 N–H and O–H groups in total. The second kappa shape index (κ2) is 5.59. The zero-order valence-electron chi connectivity index (χ0n) is 11.7. The van der Waals surface area contributed by atoms with Crippen LogP contribution in [0.1, 0.15) is 46.5 Å². The molecule has 5 heteroatoms. The van der Waals surface area contributed by atoms with E-state index in [0.717, 1.165) is 0 Å². The number of carbonyl (C=O) groups excluding carboxylic acids is 1. The maximum absolute atomic E-state index is 12.0. The van der Waals surface area contributed by atoms with Gasteiger partial charge in [-0.3, -0.25) is 4.79 Å². The second-order valence-electron chi connectivity index (χ2n) is 5.90. The highest BCUT2D eigenvalue weighted by Gasteiger charge is 2.33. The summed E-state index contributed by atoms with van der Waals surface area (Å²) in [5.41, 5.74) is -0.493. The smallest absolute Gasteiger partial charge is 0.317 e. The van der Waals surface area contributed by atoms with Gasteiger partial charge < -0.3 is 15.3 Å². The molecular formula is C13H24N2O3. The number of urea groups is 1. The normalized spacial score (nSPS) is 17.1. The zero-order chi connectivity index (χ0) is 13.9. The fourth-order valence-corrected chi connectivity index (χ4v) is 1.94. The number of carboxylic acid groups (broad SMARTS) is 1. The van der Waals surface area contributed by atoms with Crippen LogP contribution in [0.2, 0.25) is 0 Å². The fraction of sp³-hybridized carbons (Fsp3) is 0.846. The van der Waals surface area contributed by atoms with Crippen LogP contribution < -0.4 is 5.32 Å².